The Labute approximate surface area is 89.8 Å². The highest BCUT2D eigenvalue weighted by Crippen LogP contribution is 2.20. The van der Waals surface area contributed by atoms with E-state index in [4.69, 9.17) is 0 Å². The lowest BCUT2D eigenvalue weighted by Crippen LogP contribution is -2.25. The van der Waals surface area contributed by atoms with Crippen molar-refractivity contribution in [1.29, 1.82) is 0 Å². The molecular weight excluding hydrogens is 192 g/mol. The molecule has 3 heteroatoms. The van der Waals surface area contributed by atoms with Crippen LogP contribution in [0.15, 0.2) is 11.7 Å². The Bertz CT molecular complexity index is 254. The van der Waals surface area contributed by atoms with Crippen molar-refractivity contribution < 1.29 is 0 Å². The fourth-order valence-electron chi connectivity index (χ4n) is 1.61. The van der Waals surface area contributed by atoms with Crippen molar-refractivity contribution in [2.24, 2.45) is 5.92 Å². The van der Waals surface area contributed by atoms with Gasteiger partial charge in [-0.3, -0.25) is 4.98 Å². The summed E-state index contributed by atoms with van der Waals surface area (Å²) in [6, 6.07) is 0.838. The maximum Gasteiger partial charge on any atom is 0.0794 e. The molecule has 78 valence electrons. The minimum atomic E-state index is 0.788. The molecule has 14 heavy (non-hydrogen) atoms. The highest BCUT2D eigenvalue weighted by molar-refractivity contribution is 7.09. The van der Waals surface area contributed by atoms with Crippen molar-refractivity contribution in [3.05, 3.63) is 16.6 Å². The molecule has 0 saturated heterocycles. The molecule has 1 aromatic rings. The molecule has 1 heterocycles. The van der Waals surface area contributed by atoms with E-state index in [2.05, 4.69) is 17.2 Å². The van der Waals surface area contributed by atoms with E-state index >= 15 is 0 Å². The van der Waals surface area contributed by atoms with Crippen molar-refractivity contribution in [3.8, 4) is 0 Å². The summed E-state index contributed by atoms with van der Waals surface area (Å²) in [6.07, 6.45) is 7.23. The normalized spacial score (nSPS) is 18.4. The van der Waals surface area contributed by atoms with E-state index in [9.17, 15) is 0 Å². The van der Waals surface area contributed by atoms with E-state index in [0.29, 0.717) is 0 Å². The average Bonchev–Trinajstić information content (AvgIpc) is 2.90. The number of nitrogens with one attached hydrogen (secondary N) is 1. The molecule has 2 nitrogen and oxygen atoms in total. The molecule has 1 aliphatic rings. The monoisotopic (exact) mass is 210 g/mol. The first kappa shape index (κ1) is 10.1. The first-order valence-corrected chi connectivity index (χ1v) is 6.37. The number of hydrogen-bond donors (Lipinski definition) is 1. The Morgan fingerprint density at radius 2 is 2.50 bits per heavy atom. The largest absolute Gasteiger partial charge is 0.314 e. The van der Waals surface area contributed by atoms with Gasteiger partial charge in [0, 0.05) is 17.1 Å². The van der Waals surface area contributed by atoms with E-state index < -0.39 is 0 Å². The predicted molar refractivity (Wildman–Crippen MR) is 60.6 cm³/mol. The highest BCUT2D eigenvalue weighted by atomic mass is 32.1. The third-order valence-corrected chi connectivity index (χ3v) is 3.63. The summed E-state index contributed by atoms with van der Waals surface area (Å²) in [5.74, 6) is 0.788. The van der Waals surface area contributed by atoms with Gasteiger partial charge < -0.3 is 5.32 Å². The molecule has 1 fully saturated rings. The third-order valence-electron chi connectivity index (χ3n) is 2.82. The minimum absolute atomic E-state index is 0.788. The van der Waals surface area contributed by atoms with E-state index in [1.165, 1.54) is 37.1 Å². The Morgan fingerprint density at radius 3 is 3.07 bits per heavy atom. The molecule has 0 aliphatic heterocycles. The predicted octanol–water partition coefficient (Wildman–Crippen LogP) is 2.46. The van der Waals surface area contributed by atoms with Gasteiger partial charge in [0.2, 0.25) is 0 Å². The average molecular weight is 210 g/mol. The molecule has 1 unspecified atom stereocenters. The zero-order valence-electron chi connectivity index (χ0n) is 8.70. The van der Waals surface area contributed by atoms with Crippen molar-refractivity contribution in [2.45, 2.75) is 38.6 Å². The maximum atomic E-state index is 4.12. The number of aromatic nitrogens is 1. The molecule has 0 amide bonds. The van der Waals surface area contributed by atoms with Crippen LogP contribution in [0.2, 0.25) is 0 Å². The molecule has 1 atom stereocenters. The van der Waals surface area contributed by atoms with Gasteiger partial charge in [-0.05, 0) is 31.7 Å². The highest BCUT2D eigenvalue weighted by Gasteiger charge is 2.21. The van der Waals surface area contributed by atoms with Gasteiger partial charge >= 0.3 is 0 Å². The number of rotatable bonds is 6. The standard InChI is InChI=1S/C11H18N2S/c1-2-9(6-13-10-3-4-10)5-11-7-12-8-14-11/h7-10,13H,2-6H2,1H3. The molecule has 1 aliphatic carbocycles. The van der Waals surface area contributed by atoms with Gasteiger partial charge in [0.1, 0.15) is 0 Å². The van der Waals surface area contributed by atoms with E-state index in [0.717, 1.165) is 12.0 Å². The second-order valence-corrected chi connectivity index (χ2v) is 5.10. The van der Waals surface area contributed by atoms with Crippen molar-refractivity contribution in [1.82, 2.24) is 10.3 Å². The maximum absolute atomic E-state index is 4.12. The molecule has 2 rings (SSSR count). The van der Waals surface area contributed by atoms with Gasteiger partial charge in [-0.2, -0.15) is 0 Å². The number of thiazole rings is 1. The van der Waals surface area contributed by atoms with Crippen LogP contribution in [-0.4, -0.2) is 17.6 Å². The van der Waals surface area contributed by atoms with Crippen LogP contribution in [0.5, 0.6) is 0 Å². The summed E-state index contributed by atoms with van der Waals surface area (Å²) in [7, 11) is 0. The summed E-state index contributed by atoms with van der Waals surface area (Å²) in [4.78, 5) is 5.54. The smallest absolute Gasteiger partial charge is 0.0794 e. The Balaban J connectivity index is 1.74. The van der Waals surface area contributed by atoms with Crippen LogP contribution in [0.4, 0.5) is 0 Å². The summed E-state index contributed by atoms with van der Waals surface area (Å²) >= 11 is 1.78. The SMILES string of the molecule is CCC(CNC1CC1)Cc1cncs1. The molecule has 0 radical (unpaired) electrons. The molecule has 1 N–H and O–H groups in total. The lowest BCUT2D eigenvalue weighted by atomic mass is 10.0. The fraction of sp³-hybridized carbons (Fsp3) is 0.727. The van der Waals surface area contributed by atoms with Crippen LogP contribution in [0, 0.1) is 5.92 Å². The Hall–Kier alpha value is -0.410. The van der Waals surface area contributed by atoms with E-state index in [1.54, 1.807) is 11.3 Å². The van der Waals surface area contributed by atoms with Crippen molar-refractivity contribution in [3.63, 3.8) is 0 Å². The second-order valence-electron chi connectivity index (χ2n) is 4.13. The fourth-order valence-corrected chi connectivity index (χ4v) is 2.32. The third kappa shape index (κ3) is 3.07. The lowest BCUT2D eigenvalue weighted by molar-refractivity contribution is 0.461. The summed E-state index contributed by atoms with van der Waals surface area (Å²) in [5, 5.41) is 3.60. The molecule has 0 aromatic carbocycles. The van der Waals surface area contributed by atoms with Crippen LogP contribution in [0.1, 0.15) is 31.1 Å². The Kier molecular flexibility index (Phi) is 3.54. The summed E-state index contributed by atoms with van der Waals surface area (Å²) in [6.45, 7) is 3.46. The molecule has 0 spiro atoms. The molecular formula is C11H18N2S. The summed E-state index contributed by atoms with van der Waals surface area (Å²) in [5.41, 5.74) is 1.93. The van der Waals surface area contributed by atoms with Crippen LogP contribution in [0.25, 0.3) is 0 Å². The minimum Gasteiger partial charge on any atom is -0.314 e. The van der Waals surface area contributed by atoms with Gasteiger partial charge in [-0.1, -0.05) is 13.3 Å². The second kappa shape index (κ2) is 4.89. The molecule has 1 aromatic heterocycles. The van der Waals surface area contributed by atoms with Crippen LogP contribution in [0.3, 0.4) is 0 Å². The zero-order valence-corrected chi connectivity index (χ0v) is 9.52. The quantitative estimate of drug-likeness (QED) is 0.780. The first-order chi connectivity index (χ1) is 6.88. The van der Waals surface area contributed by atoms with Gasteiger partial charge in [0.15, 0.2) is 0 Å². The Morgan fingerprint density at radius 1 is 1.64 bits per heavy atom. The van der Waals surface area contributed by atoms with Gasteiger partial charge in [-0.25, -0.2) is 0 Å². The van der Waals surface area contributed by atoms with Crippen molar-refractivity contribution in [2.75, 3.05) is 6.54 Å². The number of nitrogens with zero attached hydrogens (tertiary/aromatic N) is 1. The van der Waals surface area contributed by atoms with Crippen molar-refractivity contribution >= 4 is 11.3 Å². The lowest BCUT2D eigenvalue weighted by Gasteiger charge is -2.13. The molecule has 1 saturated carbocycles. The van der Waals surface area contributed by atoms with E-state index in [1.807, 2.05) is 11.7 Å². The zero-order chi connectivity index (χ0) is 9.80. The van der Waals surface area contributed by atoms with Crippen LogP contribution in [-0.2, 0) is 6.42 Å². The first-order valence-electron chi connectivity index (χ1n) is 5.49. The van der Waals surface area contributed by atoms with Crippen LogP contribution < -0.4 is 5.32 Å². The van der Waals surface area contributed by atoms with Crippen LogP contribution >= 0.6 is 11.3 Å². The number of hydrogen-bond acceptors (Lipinski definition) is 3. The molecule has 0 bridgehead atoms. The van der Waals surface area contributed by atoms with Gasteiger partial charge in [0.05, 0.1) is 5.51 Å². The van der Waals surface area contributed by atoms with Gasteiger partial charge in [-0.15, -0.1) is 11.3 Å². The van der Waals surface area contributed by atoms with Gasteiger partial charge in [0.25, 0.3) is 0 Å². The topological polar surface area (TPSA) is 24.9 Å². The van der Waals surface area contributed by atoms with E-state index in [-0.39, 0.29) is 0 Å². The summed E-state index contributed by atoms with van der Waals surface area (Å²) < 4.78 is 0.